The zero-order valence-electron chi connectivity index (χ0n) is 14.9. The smallest absolute Gasteiger partial charge is 0.341 e. The Morgan fingerprint density at radius 1 is 0.846 bits per heavy atom. The molecule has 0 aliphatic carbocycles. The lowest BCUT2D eigenvalue weighted by Gasteiger charge is -2.04. The lowest BCUT2D eigenvalue weighted by atomic mass is 10.2. The third-order valence-electron chi connectivity index (χ3n) is 3.59. The fourth-order valence-electron chi connectivity index (χ4n) is 2.28. The van der Waals surface area contributed by atoms with Crippen LogP contribution in [0.15, 0.2) is 21.0 Å². The van der Waals surface area contributed by atoms with Gasteiger partial charge in [0.15, 0.2) is 0 Å². The Labute approximate surface area is 149 Å². The van der Waals surface area contributed by atoms with E-state index in [-0.39, 0.29) is 13.1 Å². The van der Waals surface area contributed by atoms with Gasteiger partial charge in [0.1, 0.15) is 34.2 Å². The number of rotatable bonds is 6. The predicted molar refractivity (Wildman–Crippen MR) is 88.6 cm³/mol. The Balaban J connectivity index is 1.86. The van der Waals surface area contributed by atoms with Crippen molar-refractivity contribution in [3.05, 3.63) is 46.3 Å². The average molecular weight is 364 g/mol. The number of amides is 2. The fourth-order valence-corrected chi connectivity index (χ4v) is 2.28. The molecule has 2 N–H and O–H groups in total. The number of furan rings is 2. The molecule has 2 amide bonds. The number of hydrogen-bond donors (Lipinski definition) is 2. The minimum atomic E-state index is -0.503. The second-order valence-electron chi connectivity index (χ2n) is 5.38. The first-order chi connectivity index (χ1) is 12.3. The molecule has 0 saturated carbocycles. The molecule has 9 nitrogen and oxygen atoms in total. The van der Waals surface area contributed by atoms with Crippen molar-refractivity contribution < 1.29 is 32.7 Å². The normalized spacial score (nSPS) is 10.3. The molecule has 0 fully saturated rings. The number of nitrogens with one attached hydrogen (secondary N) is 2. The summed E-state index contributed by atoms with van der Waals surface area (Å²) >= 11 is 0. The molecule has 2 aromatic rings. The molecule has 26 heavy (non-hydrogen) atoms. The number of ether oxygens (including phenoxy) is 2. The van der Waals surface area contributed by atoms with E-state index >= 15 is 0 Å². The Morgan fingerprint density at radius 2 is 1.23 bits per heavy atom. The topological polar surface area (TPSA) is 120 Å². The molecular weight excluding hydrogens is 344 g/mol. The zero-order valence-corrected chi connectivity index (χ0v) is 14.9. The van der Waals surface area contributed by atoms with E-state index in [4.69, 9.17) is 8.83 Å². The van der Waals surface area contributed by atoms with Gasteiger partial charge in [-0.05, 0) is 26.0 Å². The van der Waals surface area contributed by atoms with Crippen molar-refractivity contribution in [2.24, 2.45) is 0 Å². The van der Waals surface area contributed by atoms with Crippen LogP contribution >= 0.6 is 0 Å². The van der Waals surface area contributed by atoms with Crippen molar-refractivity contribution in [3.8, 4) is 0 Å². The molecule has 0 aliphatic rings. The quantitative estimate of drug-likeness (QED) is 0.753. The number of carbonyl (C=O) groups excluding carboxylic acids is 3. The summed E-state index contributed by atoms with van der Waals surface area (Å²) in [5.74, 6) is 0.652. The van der Waals surface area contributed by atoms with Crippen LogP contribution < -0.4 is 10.6 Å². The predicted octanol–water partition coefficient (Wildman–Crippen LogP) is 2.06. The highest BCUT2D eigenvalue weighted by Gasteiger charge is 2.17. The highest BCUT2D eigenvalue weighted by atomic mass is 16.5. The van der Waals surface area contributed by atoms with Gasteiger partial charge in [-0.15, -0.1) is 0 Å². The number of hydrogen-bond acceptors (Lipinski definition) is 7. The maximum atomic E-state index is 11.9. The van der Waals surface area contributed by atoms with E-state index in [2.05, 4.69) is 20.1 Å². The van der Waals surface area contributed by atoms with Crippen molar-refractivity contribution in [2.75, 3.05) is 14.2 Å². The second-order valence-corrected chi connectivity index (χ2v) is 5.38. The van der Waals surface area contributed by atoms with Gasteiger partial charge in [0, 0.05) is 0 Å². The number of methoxy groups -OCH3 is 2. The summed E-state index contributed by atoms with van der Waals surface area (Å²) in [5.41, 5.74) is 0.622. The van der Waals surface area contributed by atoms with E-state index in [0.29, 0.717) is 34.2 Å². The maximum Gasteiger partial charge on any atom is 0.341 e. The molecule has 0 radical (unpaired) electrons. The van der Waals surface area contributed by atoms with E-state index in [1.165, 1.54) is 26.4 Å². The first-order valence-corrected chi connectivity index (χ1v) is 7.72. The molecule has 2 aromatic heterocycles. The number of aryl methyl sites for hydroxylation is 2. The van der Waals surface area contributed by atoms with Gasteiger partial charge < -0.3 is 28.9 Å². The molecule has 0 saturated heterocycles. The first-order valence-electron chi connectivity index (χ1n) is 7.72. The van der Waals surface area contributed by atoms with Crippen molar-refractivity contribution >= 4 is 18.0 Å². The maximum absolute atomic E-state index is 11.9. The summed E-state index contributed by atoms with van der Waals surface area (Å²) in [5, 5.41) is 5.19. The number of urea groups is 1. The second kappa shape index (κ2) is 8.24. The Hall–Kier alpha value is -3.23. The molecular formula is C17H20N2O7. The summed E-state index contributed by atoms with van der Waals surface area (Å²) in [6.07, 6.45) is 0. The van der Waals surface area contributed by atoms with E-state index in [1.54, 1.807) is 13.8 Å². The first kappa shape index (κ1) is 19.1. The molecule has 2 rings (SSSR count). The van der Waals surface area contributed by atoms with Gasteiger partial charge >= 0.3 is 18.0 Å². The van der Waals surface area contributed by atoms with Crippen LogP contribution in [0, 0.1) is 13.8 Å². The van der Waals surface area contributed by atoms with Crippen LogP contribution in [0.25, 0.3) is 0 Å². The van der Waals surface area contributed by atoms with Crippen molar-refractivity contribution in [1.82, 2.24) is 10.6 Å². The molecule has 0 aromatic carbocycles. The summed E-state index contributed by atoms with van der Waals surface area (Å²) in [6, 6.07) is 2.56. The average Bonchev–Trinajstić information content (AvgIpc) is 3.19. The zero-order chi connectivity index (χ0) is 19.3. The third-order valence-corrected chi connectivity index (χ3v) is 3.59. The van der Waals surface area contributed by atoms with E-state index in [9.17, 15) is 14.4 Å². The van der Waals surface area contributed by atoms with Gasteiger partial charge in [-0.2, -0.15) is 0 Å². The Morgan fingerprint density at radius 3 is 1.58 bits per heavy atom. The minimum Gasteiger partial charge on any atom is -0.465 e. The standard InChI is InChI=1S/C17H20N2O7/c1-9-13(15(20)23-3)5-11(25-9)7-18-17(22)19-8-12-6-14(10(2)26-12)16(21)24-4/h5-6H,7-8H2,1-4H3,(H2,18,19,22). The molecule has 9 heteroatoms. The van der Waals surface area contributed by atoms with Crippen LogP contribution in [0.4, 0.5) is 4.79 Å². The monoisotopic (exact) mass is 364 g/mol. The van der Waals surface area contributed by atoms with Crippen LogP contribution in [-0.2, 0) is 22.6 Å². The van der Waals surface area contributed by atoms with Gasteiger partial charge in [0.2, 0.25) is 0 Å². The van der Waals surface area contributed by atoms with E-state index < -0.39 is 18.0 Å². The largest absolute Gasteiger partial charge is 0.465 e. The van der Waals surface area contributed by atoms with Crippen LogP contribution in [-0.4, -0.2) is 32.2 Å². The molecule has 0 spiro atoms. The minimum absolute atomic E-state index is 0.0915. The number of esters is 2. The molecule has 0 atom stereocenters. The fraction of sp³-hybridized carbons (Fsp3) is 0.353. The van der Waals surface area contributed by atoms with E-state index in [1.807, 2.05) is 0 Å². The molecule has 0 unspecified atom stereocenters. The molecule has 0 bridgehead atoms. The van der Waals surface area contributed by atoms with E-state index in [0.717, 1.165) is 0 Å². The lowest BCUT2D eigenvalue weighted by molar-refractivity contribution is 0.0589. The Bertz CT molecular complexity index is 753. The summed E-state index contributed by atoms with van der Waals surface area (Å²) in [4.78, 5) is 34.9. The summed E-state index contributed by atoms with van der Waals surface area (Å²) < 4.78 is 20.1. The highest BCUT2D eigenvalue weighted by molar-refractivity contribution is 5.91. The summed E-state index contributed by atoms with van der Waals surface area (Å²) in [6.45, 7) is 3.45. The van der Waals surface area contributed by atoms with Crippen LogP contribution in [0.1, 0.15) is 43.8 Å². The number of carbonyl (C=O) groups is 3. The van der Waals surface area contributed by atoms with Gasteiger partial charge in [-0.3, -0.25) is 0 Å². The van der Waals surface area contributed by atoms with Gasteiger partial charge in [-0.25, -0.2) is 14.4 Å². The Kier molecular flexibility index (Phi) is 6.05. The van der Waals surface area contributed by atoms with Gasteiger partial charge in [-0.1, -0.05) is 0 Å². The SMILES string of the molecule is COC(=O)c1cc(CNC(=O)NCc2cc(C(=O)OC)c(C)o2)oc1C. The van der Waals surface area contributed by atoms with Crippen LogP contribution in [0.2, 0.25) is 0 Å². The van der Waals surface area contributed by atoms with Crippen molar-refractivity contribution in [1.29, 1.82) is 0 Å². The van der Waals surface area contributed by atoms with Crippen molar-refractivity contribution in [2.45, 2.75) is 26.9 Å². The summed E-state index contributed by atoms with van der Waals surface area (Å²) in [7, 11) is 2.56. The molecule has 2 heterocycles. The third kappa shape index (κ3) is 4.44. The van der Waals surface area contributed by atoms with Gasteiger partial charge in [0.05, 0.1) is 27.3 Å². The molecule has 0 aliphatic heterocycles. The van der Waals surface area contributed by atoms with Crippen LogP contribution in [0.5, 0.6) is 0 Å². The molecule has 140 valence electrons. The highest BCUT2D eigenvalue weighted by Crippen LogP contribution is 2.16. The van der Waals surface area contributed by atoms with Crippen LogP contribution in [0.3, 0.4) is 0 Å². The van der Waals surface area contributed by atoms with Crippen molar-refractivity contribution in [3.63, 3.8) is 0 Å². The lowest BCUT2D eigenvalue weighted by Crippen LogP contribution is -2.34. The van der Waals surface area contributed by atoms with Gasteiger partial charge in [0.25, 0.3) is 0 Å².